The summed E-state index contributed by atoms with van der Waals surface area (Å²) in [5.41, 5.74) is 1.11. The number of guanidine groups is 1. The Morgan fingerprint density at radius 2 is 1.88 bits per heavy atom. The van der Waals surface area contributed by atoms with Crippen LogP contribution in [0.15, 0.2) is 47.6 Å². The molecule has 1 aromatic carbocycles. The molecule has 0 saturated heterocycles. The molecule has 2 N–H and O–H groups in total. The highest BCUT2D eigenvalue weighted by Gasteiger charge is 1.99. The van der Waals surface area contributed by atoms with Gasteiger partial charge in [0.25, 0.3) is 0 Å². The SMILES string of the molecule is CCNC(=NCCc1ccc(Cl)nc1)NCCOc1ccc(OC)cc1. The van der Waals surface area contributed by atoms with Crippen LogP contribution in [0.3, 0.4) is 0 Å². The largest absolute Gasteiger partial charge is 0.497 e. The minimum Gasteiger partial charge on any atom is -0.497 e. The molecule has 0 amide bonds. The smallest absolute Gasteiger partial charge is 0.191 e. The van der Waals surface area contributed by atoms with Crippen molar-refractivity contribution >= 4 is 17.6 Å². The number of nitrogens with one attached hydrogen (secondary N) is 2. The molecule has 0 aliphatic rings. The molecule has 0 unspecified atom stereocenters. The zero-order valence-electron chi connectivity index (χ0n) is 15.2. The van der Waals surface area contributed by atoms with Gasteiger partial charge in [0.1, 0.15) is 23.3 Å². The van der Waals surface area contributed by atoms with Gasteiger partial charge in [0.15, 0.2) is 5.96 Å². The molecule has 0 radical (unpaired) electrons. The Morgan fingerprint density at radius 3 is 2.54 bits per heavy atom. The summed E-state index contributed by atoms with van der Waals surface area (Å²) in [7, 11) is 1.64. The van der Waals surface area contributed by atoms with Crippen molar-refractivity contribution < 1.29 is 9.47 Å². The van der Waals surface area contributed by atoms with Crippen molar-refractivity contribution in [2.45, 2.75) is 13.3 Å². The van der Waals surface area contributed by atoms with Gasteiger partial charge >= 0.3 is 0 Å². The monoisotopic (exact) mass is 376 g/mol. The second-order valence-corrected chi connectivity index (χ2v) is 5.84. The average Bonchev–Trinajstić information content (AvgIpc) is 2.67. The summed E-state index contributed by atoms with van der Waals surface area (Å²) in [6, 6.07) is 11.3. The standard InChI is InChI=1S/C19H25ClN4O2/c1-3-21-19(22-11-10-15-4-9-18(20)24-14-15)23-12-13-26-17-7-5-16(25-2)6-8-17/h4-9,14H,3,10-13H2,1-2H3,(H2,21,22,23). The molecule has 26 heavy (non-hydrogen) atoms. The van der Waals surface area contributed by atoms with E-state index in [2.05, 4.69) is 20.6 Å². The zero-order valence-corrected chi connectivity index (χ0v) is 15.9. The average molecular weight is 377 g/mol. The number of pyridine rings is 1. The van der Waals surface area contributed by atoms with E-state index in [1.807, 2.05) is 37.3 Å². The van der Waals surface area contributed by atoms with E-state index in [1.54, 1.807) is 19.4 Å². The lowest BCUT2D eigenvalue weighted by atomic mass is 10.2. The molecule has 2 aromatic rings. The van der Waals surface area contributed by atoms with Crippen LogP contribution < -0.4 is 20.1 Å². The Balaban J connectivity index is 1.72. The van der Waals surface area contributed by atoms with Crippen LogP contribution in [0.25, 0.3) is 0 Å². The molecule has 0 fully saturated rings. The number of nitrogens with zero attached hydrogens (tertiary/aromatic N) is 2. The predicted octanol–water partition coefficient (Wildman–Crippen LogP) is 2.92. The molecule has 0 bridgehead atoms. The highest BCUT2D eigenvalue weighted by Crippen LogP contribution is 2.16. The fraction of sp³-hybridized carbons (Fsp3) is 0.368. The zero-order chi connectivity index (χ0) is 18.6. The van der Waals surface area contributed by atoms with E-state index in [0.29, 0.717) is 24.8 Å². The van der Waals surface area contributed by atoms with Gasteiger partial charge in [0.05, 0.1) is 13.7 Å². The fourth-order valence-corrected chi connectivity index (χ4v) is 2.31. The minimum atomic E-state index is 0.504. The summed E-state index contributed by atoms with van der Waals surface area (Å²) in [6.45, 7) is 4.69. The van der Waals surface area contributed by atoms with Crippen LogP contribution in [0.5, 0.6) is 11.5 Å². The van der Waals surface area contributed by atoms with Crippen molar-refractivity contribution in [1.82, 2.24) is 15.6 Å². The first-order chi connectivity index (χ1) is 12.7. The third kappa shape index (κ3) is 7.19. The van der Waals surface area contributed by atoms with E-state index in [-0.39, 0.29) is 0 Å². The maximum atomic E-state index is 5.79. The Hall–Kier alpha value is -2.47. The van der Waals surface area contributed by atoms with Gasteiger partial charge < -0.3 is 20.1 Å². The molecule has 0 atom stereocenters. The van der Waals surface area contributed by atoms with Crippen molar-refractivity contribution in [2.75, 3.05) is 33.4 Å². The first-order valence-electron chi connectivity index (χ1n) is 8.60. The van der Waals surface area contributed by atoms with Gasteiger partial charge in [-0.1, -0.05) is 17.7 Å². The van der Waals surface area contributed by atoms with Gasteiger partial charge in [-0.25, -0.2) is 4.98 Å². The van der Waals surface area contributed by atoms with E-state index in [1.165, 1.54) is 0 Å². The summed E-state index contributed by atoms with van der Waals surface area (Å²) in [6.07, 6.45) is 2.59. The Kier molecular flexibility index (Phi) is 8.55. The first-order valence-corrected chi connectivity index (χ1v) is 8.98. The highest BCUT2D eigenvalue weighted by molar-refractivity contribution is 6.29. The Labute approximate surface area is 159 Å². The Bertz CT molecular complexity index is 675. The molecular weight excluding hydrogens is 352 g/mol. The maximum Gasteiger partial charge on any atom is 0.191 e. The van der Waals surface area contributed by atoms with Crippen molar-refractivity contribution in [3.8, 4) is 11.5 Å². The van der Waals surface area contributed by atoms with E-state index < -0.39 is 0 Å². The molecule has 2 rings (SSSR count). The summed E-state index contributed by atoms with van der Waals surface area (Å²) in [5, 5.41) is 6.99. The van der Waals surface area contributed by atoms with Gasteiger partial charge in [-0.2, -0.15) is 0 Å². The maximum absolute atomic E-state index is 5.79. The number of aliphatic imine (C=N–C) groups is 1. The lowest BCUT2D eigenvalue weighted by Gasteiger charge is -2.12. The highest BCUT2D eigenvalue weighted by atomic mass is 35.5. The molecule has 1 heterocycles. The van der Waals surface area contributed by atoms with Gasteiger partial charge in [-0.3, -0.25) is 4.99 Å². The van der Waals surface area contributed by atoms with Crippen molar-refractivity contribution in [3.63, 3.8) is 0 Å². The molecule has 140 valence electrons. The van der Waals surface area contributed by atoms with E-state index in [0.717, 1.165) is 36.0 Å². The second kappa shape index (κ2) is 11.2. The number of hydrogen-bond acceptors (Lipinski definition) is 4. The van der Waals surface area contributed by atoms with Crippen molar-refractivity contribution in [2.24, 2.45) is 4.99 Å². The van der Waals surface area contributed by atoms with Crippen LogP contribution in [-0.2, 0) is 6.42 Å². The molecule has 6 nitrogen and oxygen atoms in total. The Morgan fingerprint density at radius 1 is 1.12 bits per heavy atom. The number of aromatic nitrogens is 1. The lowest BCUT2D eigenvalue weighted by Crippen LogP contribution is -2.39. The van der Waals surface area contributed by atoms with E-state index in [9.17, 15) is 0 Å². The lowest BCUT2D eigenvalue weighted by molar-refractivity contribution is 0.321. The van der Waals surface area contributed by atoms with Gasteiger partial charge in [-0.15, -0.1) is 0 Å². The normalized spacial score (nSPS) is 11.1. The van der Waals surface area contributed by atoms with Crippen LogP contribution in [0.1, 0.15) is 12.5 Å². The number of halogens is 1. The fourth-order valence-electron chi connectivity index (χ4n) is 2.20. The van der Waals surface area contributed by atoms with Crippen molar-refractivity contribution in [1.29, 1.82) is 0 Å². The van der Waals surface area contributed by atoms with Crippen LogP contribution in [0, 0.1) is 0 Å². The second-order valence-electron chi connectivity index (χ2n) is 5.45. The van der Waals surface area contributed by atoms with E-state index in [4.69, 9.17) is 21.1 Å². The third-order valence-electron chi connectivity index (χ3n) is 3.53. The van der Waals surface area contributed by atoms with Crippen LogP contribution >= 0.6 is 11.6 Å². The molecule has 0 saturated carbocycles. The molecule has 1 aromatic heterocycles. The molecule has 7 heteroatoms. The van der Waals surface area contributed by atoms with Crippen LogP contribution in [-0.4, -0.2) is 44.3 Å². The van der Waals surface area contributed by atoms with Crippen molar-refractivity contribution in [3.05, 3.63) is 53.3 Å². The summed E-state index contributed by atoms with van der Waals surface area (Å²) in [5.74, 6) is 2.39. The quantitative estimate of drug-likeness (QED) is 0.305. The van der Waals surface area contributed by atoms with Gasteiger partial charge in [-0.05, 0) is 49.2 Å². The number of hydrogen-bond donors (Lipinski definition) is 2. The molecule has 0 spiro atoms. The first kappa shape index (κ1) is 19.8. The number of benzene rings is 1. The van der Waals surface area contributed by atoms with Crippen LogP contribution in [0.4, 0.5) is 0 Å². The molecule has 0 aliphatic carbocycles. The predicted molar refractivity (Wildman–Crippen MR) is 105 cm³/mol. The van der Waals surface area contributed by atoms with E-state index >= 15 is 0 Å². The number of rotatable bonds is 9. The van der Waals surface area contributed by atoms with Gasteiger partial charge in [0, 0.05) is 19.3 Å². The third-order valence-corrected chi connectivity index (χ3v) is 3.75. The summed E-state index contributed by atoms with van der Waals surface area (Å²) in [4.78, 5) is 8.63. The number of ether oxygens (including phenoxy) is 2. The summed E-state index contributed by atoms with van der Waals surface area (Å²) >= 11 is 5.79. The number of methoxy groups -OCH3 is 1. The summed E-state index contributed by atoms with van der Waals surface area (Å²) < 4.78 is 10.8. The molecule has 0 aliphatic heterocycles. The van der Waals surface area contributed by atoms with Gasteiger partial charge in [0.2, 0.25) is 0 Å². The minimum absolute atomic E-state index is 0.504. The topological polar surface area (TPSA) is 67.8 Å². The molecular formula is C19H25ClN4O2. The van der Waals surface area contributed by atoms with Crippen LogP contribution in [0.2, 0.25) is 5.15 Å².